The van der Waals surface area contributed by atoms with E-state index in [9.17, 15) is 9.59 Å². The first-order valence-corrected chi connectivity index (χ1v) is 10.5. The van der Waals surface area contributed by atoms with Gasteiger partial charge in [-0.15, -0.1) is 0 Å². The van der Waals surface area contributed by atoms with Gasteiger partial charge in [0.25, 0.3) is 5.91 Å². The first-order chi connectivity index (χ1) is 16.4. The minimum atomic E-state index is -0.768. The number of amides is 1. The smallest absolute Gasteiger partial charge is 0.342 e. The molecular weight excluding hydrogens is 462 g/mol. The van der Waals surface area contributed by atoms with E-state index in [0.29, 0.717) is 28.0 Å². The van der Waals surface area contributed by atoms with Crippen LogP contribution in [0.15, 0.2) is 54.6 Å². The van der Waals surface area contributed by atoms with Crippen molar-refractivity contribution >= 4 is 29.2 Å². The Morgan fingerprint density at radius 2 is 1.53 bits per heavy atom. The average Bonchev–Trinajstić information content (AvgIpc) is 2.84. The highest BCUT2D eigenvalue weighted by atomic mass is 35.5. The first kappa shape index (κ1) is 24.7. The van der Waals surface area contributed by atoms with Crippen LogP contribution >= 0.6 is 11.6 Å². The molecule has 34 heavy (non-hydrogen) atoms. The molecule has 0 unspecified atom stereocenters. The predicted octanol–water partition coefficient (Wildman–Crippen LogP) is 5.26. The van der Waals surface area contributed by atoms with Crippen LogP contribution in [0.4, 0.5) is 5.69 Å². The van der Waals surface area contributed by atoms with Crippen molar-refractivity contribution in [3.63, 3.8) is 0 Å². The summed E-state index contributed by atoms with van der Waals surface area (Å²) in [5.74, 6) is 0.385. The molecular formula is C25H24ClNO7. The fourth-order valence-electron chi connectivity index (χ4n) is 3.08. The summed E-state index contributed by atoms with van der Waals surface area (Å²) in [6, 6.07) is 15.3. The zero-order chi connectivity index (χ0) is 24.7. The van der Waals surface area contributed by atoms with Crippen LogP contribution in [0.5, 0.6) is 28.7 Å². The van der Waals surface area contributed by atoms with E-state index in [0.717, 1.165) is 5.56 Å². The summed E-state index contributed by atoms with van der Waals surface area (Å²) in [6.07, 6.45) is 0. The number of halogens is 1. The second-order valence-corrected chi connectivity index (χ2v) is 7.50. The lowest BCUT2D eigenvalue weighted by atomic mass is 10.1. The van der Waals surface area contributed by atoms with Crippen molar-refractivity contribution in [1.29, 1.82) is 0 Å². The van der Waals surface area contributed by atoms with E-state index in [1.165, 1.54) is 27.4 Å². The van der Waals surface area contributed by atoms with Crippen LogP contribution in [0.1, 0.15) is 15.9 Å². The van der Waals surface area contributed by atoms with Crippen LogP contribution < -0.4 is 24.3 Å². The van der Waals surface area contributed by atoms with E-state index < -0.39 is 18.5 Å². The summed E-state index contributed by atoms with van der Waals surface area (Å²) < 4.78 is 26.8. The van der Waals surface area contributed by atoms with Crippen molar-refractivity contribution in [2.45, 2.75) is 6.92 Å². The van der Waals surface area contributed by atoms with Gasteiger partial charge in [-0.25, -0.2) is 4.79 Å². The Hall–Kier alpha value is -3.91. The number of hydrogen-bond donors (Lipinski definition) is 1. The molecule has 178 valence electrons. The van der Waals surface area contributed by atoms with Gasteiger partial charge in [0.05, 0.1) is 27.0 Å². The van der Waals surface area contributed by atoms with E-state index in [1.54, 1.807) is 24.3 Å². The largest absolute Gasteiger partial charge is 0.493 e. The molecule has 3 rings (SSSR count). The van der Waals surface area contributed by atoms with Crippen molar-refractivity contribution in [2.24, 2.45) is 0 Å². The van der Waals surface area contributed by atoms with Crippen LogP contribution in [0.3, 0.4) is 0 Å². The van der Waals surface area contributed by atoms with Gasteiger partial charge >= 0.3 is 5.97 Å². The minimum absolute atomic E-state index is 0.0825. The molecule has 0 aliphatic carbocycles. The molecule has 0 aliphatic heterocycles. The molecule has 3 aromatic rings. The summed E-state index contributed by atoms with van der Waals surface area (Å²) in [5, 5.41) is 3.06. The highest BCUT2D eigenvalue weighted by molar-refractivity contribution is 6.31. The van der Waals surface area contributed by atoms with Crippen LogP contribution in [0, 0.1) is 6.92 Å². The SMILES string of the molecule is COc1ccc(C(=O)OCC(=O)Nc2cc(Cl)ccc2Oc2ccc(C)cc2)c(OC)c1OC. The molecule has 0 saturated carbocycles. The van der Waals surface area contributed by atoms with E-state index in [2.05, 4.69) is 5.32 Å². The van der Waals surface area contributed by atoms with Gasteiger partial charge in [0, 0.05) is 5.02 Å². The molecule has 0 saturated heterocycles. The highest BCUT2D eigenvalue weighted by Gasteiger charge is 2.22. The molecule has 0 aromatic heterocycles. The Labute approximate surface area is 202 Å². The third-order valence-electron chi connectivity index (χ3n) is 4.72. The summed E-state index contributed by atoms with van der Waals surface area (Å²) in [7, 11) is 4.27. The average molecular weight is 486 g/mol. The molecule has 1 amide bonds. The number of esters is 1. The molecule has 1 N–H and O–H groups in total. The molecule has 0 spiro atoms. The number of carbonyl (C=O) groups is 2. The van der Waals surface area contributed by atoms with E-state index in [1.807, 2.05) is 31.2 Å². The number of rotatable bonds is 9. The van der Waals surface area contributed by atoms with Crippen LogP contribution in [0.25, 0.3) is 0 Å². The number of benzene rings is 3. The van der Waals surface area contributed by atoms with Crippen molar-refractivity contribution in [2.75, 3.05) is 33.3 Å². The summed E-state index contributed by atoms with van der Waals surface area (Å²) >= 11 is 6.09. The quantitative estimate of drug-likeness (QED) is 0.413. The number of hydrogen-bond acceptors (Lipinski definition) is 7. The standard InChI is InChI=1S/C25H24ClNO7/c1-15-5-8-17(9-6-15)34-20-11-7-16(26)13-19(20)27-22(28)14-33-25(29)18-10-12-21(30-2)24(32-4)23(18)31-3/h5-13H,14H2,1-4H3,(H,27,28). The number of nitrogens with one attached hydrogen (secondary N) is 1. The van der Waals surface area contributed by atoms with Gasteiger partial charge in [0.15, 0.2) is 23.9 Å². The molecule has 8 nitrogen and oxygen atoms in total. The Morgan fingerprint density at radius 1 is 0.853 bits per heavy atom. The predicted molar refractivity (Wildman–Crippen MR) is 128 cm³/mol. The molecule has 0 atom stereocenters. The fourth-order valence-corrected chi connectivity index (χ4v) is 3.25. The Kier molecular flexibility index (Phi) is 8.21. The maximum absolute atomic E-state index is 12.6. The maximum Gasteiger partial charge on any atom is 0.342 e. The molecule has 0 heterocycles. The van der Waals surface area contributed by atoms with Gasteiger partial charge in [-0.2, -0.15) is 0 Å². The van der Waals surface area contributed by atoms with Gasteiger partial charge in [0.1, 0.15) is 11.3 Å². The monoisotopic (exact) mass is 485 g/mol. The molecule has 3 aromatic carbocycles. The zero-order valence-corrected chi connectivity index (χ0v) is 19.9. The van der Waals surface area contributed by atoms with Crippen molar-refractivity contribution in [1.82, 2.24) is 0 Å². The van der Waals surface area contributed by atoms with E-state index in [4.69, 9.17) is 35.3 Å². The second kappa shape index (κ2) is 11.3. The zero-order valence-electron chi connectivity index (χ0n) is 19.1. The molecule has 0 fully saturated rings. The van der Waals surface area contributed by atoms with Crippen molar-refractivity contribution in [3.05, 3.63) is 70.7 Å². The maximum atomic E-state index is 12.6. The first-order valence-electron chi connectivity index (χ1n) is 10.2. The van der Waals surface area contributed by atoms with Crippen molar-refractivity contribution < 1.29 is 33.3 Å². The lowest BCUT2D eigenvalue weighted by Crippen LogP contribution is -2.21. The molecule has 0 bridgehead atoms. The number of methoxy groups -OCH3 is 3. The summed E-state index contributed by atoms with van der Waals surface area (Å²) in [6.45, 7) is 1.42. The van der Waals surface area contributed by atoms with Crippen LogP contribution in [0.2, 0.25) is 5.02 Å². The number of anilines is 1. The lowest BCUT2D eigenvalue weighted by Gasteiger charge is -2.15. The number of carbonyl (C=O) groups excluding carboxylic acids is 2. The molecule has 0 radical (unpaired) electrons. The topological polar surface area (TPSA) is 92.3 Å². The van der Waals surface area contributed by atoms with E-state index >= 15 is 0 Å². The van der Waals surface area contributed by atoms with Gasteiger partial charge in [-0.1, -0.05) is 29.3 Å². The molecule has 0 aliphatic rings. The minimum Gasteiger partial charge on any atom is -0.493 e. The van der Waals surface area contributed by atoms with Crippen LogP contribution in [-0.4, -0.2) is 39.8 Å². The van der Waals surface area contributed by atoms with Gasteiger partial charge in [-0.3, -0.25) is 4.79 Å². The fraction of sp³-hybridized carbons (Fsp3) is 0.200. The van der Waals surface area contributed by atoms with E-state index in [-0.39, 0.29) is 17.1 Å². The van der Waals surface area contributed by atoms with Gasteiger partial charge in [0.2, 0.25) is 5.75 Å². The number of ether oxygens (including phenoxy) is 5. The highest BCUT2D eigenvalue weighted by Crippen LogP contribution is 2.40. The number of aryl methyl sites for hydroxylation is 1. The third-order valence-corrected chi connectivity index (χ3v) is 4.96. The van der Waals surface area contributed by atoms with Gasteiger partial charge < -0.3 is 29.0 Å². The second-order valence-electron chi connectivity index (χ2n) is 7.06. The van der Waals surface area contributed by atoms with Crippen molar-refractivity contribution in [3.8, 4) is 28.7 Å². The lowest BCUT2D eigenvalue weighted by molar-refractivity contribution is -0.119. The summed E-state index contributed by atoms with van der Waals surface area (Å²) in [4.78, 5) is 25.1. The Balaban J connectivity index is 1.70. The normalized spacial score (nSPS) is 10.3. The Morgan fingerprint density at radius 3 is 2.18 bits per heavy atom. The van der Waals surface area contributed by atoms with Gasteiger partial charge in [-0.05, 0) is 49.4 Å². The van der Waals surface area contributed by atoms with Crippen LogP contribution in [-0.2, 0) is 9.53 Å². The molecule has 9 heteroatoms. The summed E-state index contributed by atoms with van der Waals surface area (Å²) in [5.41, 5.74) is 1.50. The Bertz CT molecular complexity index is 1180. The third kappa shape index (κ3) is 5.90.